The van der Waals surface area contributed by atoms with Crippen LogP contribution in [0.4, 0.5) is 0 Å². The van der Waals surface area contributed by atoms with Gasteiger partial charge >= 0.3 is 0 Å². The SMILES string of the molecule is CC(=O)N1CCN(C(C)C)CC1.CC(C)N1CCN(C(=O)CN(C)C)CC1.CN1CCN(C(C)(C)C)CC1. The third-order valence-corrected chi connectivity index (χ3v) is 7.79. The molecule has 3 saturated heterocycles. The highest BCUT2D eigenvalue weighted by molar-refractivity contribution is 5.78. The molecule has 0 aromatic heterocycles. The Kier molecular flexibility index (Phi) is 15.3. The van der Waals surface area contributed by atoms with Crippen LogP contribution in [0.2, 0.25) is 0 Å². The molecule has 224 valence electrons. The zero-order chi connectivity index (χ0) is 29.0. The second-order valence-electron chi connectivity index (χ2n) is 12.8. The summed E-state index contributed by atoms with van der Waals surface area (Å²) >= 11 is 0. The lowest BCUT2D eigenvalue weighted by Gasteiger charge is -2.41. The molecule has 9 nitrogen and oxygen atoms in total. The maximum atomic E-state index is 11.8. The largest absolute Gasteiger partial charge is 0.340 e. The first-order chi connectivity index (χ1) is 17.6. The highest BCUT2D eigenvalue weighted by atomic mass is 16.2. The summed E-state index contributed by atoms with van der Waals surface area (Å²) in [7, 11) is 6.06. The van der Waals surface area contributed by atoms with E-state index >= 15 is 0 Å². The molecule has 9 heteroatoms. The van der Waals surface area contributed by atoms with E-state index in [0.29, 0.717) is 24.2 Å². The van der Waals surface area contributed by atoms with Gasteiger partial charge in [-0.2, -0.15) is 0 Å². The van der Waals surface area contributed by atoms with Gasteiger partial charge < -0.3 is 19.6 Å². The molecule has 3 fully saturated rings. The van der Waals surface area contributed by atoms with Crippen molar-refractivity contribution in [2.24, 2.45) is 0 Å². The average Bonchev–Trinajstić information content (AvgIpc) is 2.84. The van der Waals surface area contributed by atoms with E-state index < -0.39 is 0 Å². The van der Waals surface area contributed by atoms with Gasteiger partial charge in [0.2, 0.25) is 11.8 Å². The van der Waals surface area contributed by atoms with Gasteiger partial charge in [-0.3, -0.25) is 24.3 Å². The Hall–Kier alpha value is -1.26. The summed E-state index contributed by atoms with van der Waals surface area (Å²) < 4.78 is 0. The van der Waals surface area contributed by atoms with Crippen molar-refractivity contribution in [2.45, 2.75) is 73.0 Å². The molecule has 2 amide bonds. The molecule has 0 radical (unpaired) electrons. The third-order valence-electron chi connectivity index (χ3n) is 7.79. The van der Waals surface area contributed by atoms with E-state index in [0.717, 1.165) is 52.4 Å². The Morgan fingerprint density at radius 3 is 1.39 bits per heavy atom. The van der Waals surface area contributed by atoms with Crippen LogP contribution in [0.3, 0.4) is 0 Å². The van der Waals surface area contributed by atoms with Crippen LogP contribution in [0, 0.1) is 0 Å². The Balaban J connectivity index is 0.000000289. The van der Waals surface area contributed by atoms with Crippen molar-refractivity contribution in [2.75, 3.05) is 106 Å². The van der Waals surface area contributed by atoms with Gasteiger partial charge in [0.05, 0.1) is 6.54 Å². The van der Waals surface area contributed by atoms with Crippen LogP contribution < -0.4 is 0 Å². The van der Waals surface area contributed by atoms with Gasteiger partial charge in [0.15, 0.2) is 0 Å². The molecular weight excluding hydrogens is 478 g/mol. The van der Waals surface area contributed by atoms with Crippen LogP contribution in [0.25, 0.3) is 0 Å². The molecular formula is C29H61N7O2. The van der Waals surface area contributed by atoms with E-state index in [1.807, 2.05) is 28.8 Å². The molecule has 0 spiro atoms. The van der Waals surface area contributed by atoms with Crippen LogP contribution in [0.1, 0.15) is 55.4 Å². The van der Waals surface area contributed by atoms with Gasteiger partial charge in [0, 0.05) is 103 Å². The maximum Gasteiger partial charge on any atom is 0.236 e. The summed E-state index contributed by atoms with van der Waals surface area (Å²) in [4.78, 5) is 38.3. The van der Waals surface area contributed by atoms with Crippen molar-refractivity contribution in [3.63, 3.8) is 0 Å². The monoisotopic (exact) mass is 539 g/mol. The first-order valence-electron chi connectivity index (χ1n) is 14.7. The minimum atomic E-state index is 0.207. The molecule has 0 saturated carbocycles. The van der Waals surface area contributed by atoms with Crippen molar-refractivity contribution >= 4 is 11.8 Å². The minimum absolute atomic E-state index is 0.207. The molecule has 3 aliphatic heterocycles. The van der Waals surface area contributed by atoms with Crippen molar-refractivity contribution in [3.05, 3.63) is 0 Å². The van der Waals surface area contributed by atoms with Crippen molar-refractivity contribution in [3.8, 4) is 0 Å². The number of nitrogens with zero attached hydrogens (tertiary/aromatic N) is 7. The zero-order valence-electron chi connectivity index (χ0n) is 26.8. The van der Waals surface area contributed by atoms with E-state index in [1.165, 1.54) is 26.2 Å². The van der Waals surface area contributed by atoms with Crippen LogP contribution in [-0.4, -0.2) is 170 Å². The highest BCUT2D eigenvalue weighted by Gasteiger charge is 2.24. The lowest BCUT2D eigenvalue weighted by atomic mass is 10.1. The lowest BCUT2D eigenvalue weighted by Crippen LogP contribution is -2.52. The summed E-state index contributed by atoms with van der Waals surface area (Å²) in [5.41, 5.74) is 0.362. The Morgan fingerprint density at radius 2 is 1.08 bits per heavy atom. The Labute approximate surface area is 235 Å². The molecule has 3 heterocycles. The molecule has 0 atom stereocenters. The number of hydrogen-bond acceptors (Lipinski definition) is 7. The summed E-state index contributed by atoms with van der Waals surface area (Å²) in [6.45, 7) is 30.4. The zero-order valence-corrected chi connectivity index (χ0v) is 26.8. The fraction of sp³-hybridized carbons (Fsp3) is 0.931. The second-order valence-corrected chi connectivity index (χ2v) is 12.8. The molecule has 38 heavy (non-hydrogen) atoms. The smallest absolute Gasteiger partial charge is 0.236 e. The van der Waals surface area contributed by atoms with Gasteiger partial charge in [-0.05, 0) is 69.6 Å². The summed E-state index contributed by atoms with van der Waals surface area (Å²) in [5.74, 6) is 0.460. The van der Waals surface area contributed by atoms with Gasteiger partial charge in [-0.15, -0.1) is 0 Å². The summed E-state index contributed by atoms with van der Waals surface area (Å²) in [6.07, 6.45) is 0. The number of hydrogen-bond donors (Lipinski definition) is 0. The van der Waals surface area contributed by atoms with Gasteiger partial charge in [0.25, 0.3) is 0 Å². The molecule has 0 N–H and O–H groups in total. The second kappa shape index (κ2) is 16.8. The molecule has 0 unspecified atom stereocenters. The van der Waals surface area contributed by atoms with E-state index in [9.17, 15) is 9.59 Å². The number of piperazine rings is 3. The third kappa shape index (κ3) is 13.2. The molecule has 0 bridgehead atoms. The van der Waals surface area contributed by atoms with Crippen LogP contribution >= 0.6 is 0 Å². The van der Waals surface area contributed by atoms with Crippen molar-refractivity contribution in [1.82, 2.24) is 34.3 Å². The number of likely N-dealkylation sites (N-methyl/N-ethyl adjacent to an activating group) is 2. The van der Waals surface area contributed by atoms with Gasteiger partial charge in [0.1, 0.15) is 0 Å². The normalized spacial score (nSPS) is 20.8. The number of carbonyl (C=O) groups is 2. The predicted octanol–water partition coefficient (Wildman–Crippen LogP) is 1.69. The predicted molar refractivity (Wildman–Crippen MR) is 160 cm³/mol. The quantitative estimate of drug-likeness (QED) is 0.539. The lowest BCUT2D eigenvalue weighted by molar-refractivity contribution is -0.134. The molecule has 0 aromatic carbocycles. The molecule has 3 rings (SSSR count). The van der Waals surface area contributed by atoms with E-state index in [4.69, 9.17) is 0 Å². The molecule has 3 aliphatic rings. The summed E-state index contributed by atoms with van der Waals surface area (Å²) in [5, 5.41) is 0. The Bertz CT molecular complexity index is 669. The number of amides is 2. The van der Waals surface area contributed by atoms with E-state index in [1.54, 1.807) is 6.92 Å². The first kappa shape index (κ1) is 34.8. The molecule has 0 aromatic rings. The Morgan fingerprint density at radius 1 is 0.684 bits per heavy atom. The van der Waals surface area contributed by atoms with Crippen molar-refractivity contribution < 1.29 is 9.59 Å². The minimum Gasteiger partial charge on any atom is -0.340 e. The van der Waals surface area contributed by atoms with Crippen LogP contribution in [0.5, 0.6) is 0 Å². The highest BCUT2D eigenvalue weighted by Crippen LogP contribution is 2.14. The standard InChI is InChI=1S/C11H23N3O.C9H18N2O.C9H20N2/c1-10(2)13-5-7-14(8-6-13)11(15)9-12(3)4;1-8(2)10-4-6-11(7-5-10)9(3)12;1-9(2,3)11-7-5-10(4)6-8-11/h10H,5-9H2,1-4H3;8H,4-7H2,1-3H3;5-8H2,1-4H3. The average molecular weight is 540 g/mol. The first-order valence-corrected chi connectivity index (χ1v) is 14.7. The fourth-order valence-electron chi connectivity index (χ4n) is 4.89. The van der Waals surface area contributed by atoms with E-state index in [-0.39, 0.29) is 11.8 Å². The summed E-state index contributed by atoms with van der Waals surface area (Å²) in [6, 6.07) is 1.20. The van der Waals surface area contributed by atoms with Crippen molar-refractivity contribution in [1.29, 1.82) is 0 Å². The fourth-order valence-corrected chi connectivity index (χ4v) is 4.89. The topological polar surface area (TPSA) is 56.8 Å². The maximum absolute atomic E-state index is 11.8. The van der Waals surface area contributed by atoms with Gasteiger partial charge in [-0.1, -0.05) is 0 Å². The number of rotatable bonds is 4. The van der Waals surface area contributed by atoms with Gasteiger partial charge in [-0.25, -0.2) is 0 Å². The van der Waals surface area contributed by atoms with E-state index in [2.05, 4.69) is 75.1 Å². The van der Waals surface area contributed by atoms with Crippen LogP contribution in [-0.2, 0) is 9.59 Å². The van der Waals surface area contributed by atoms with Crippen LogP contribution in [0.15, 0.2) is 0 Å². The number of carbonyl (C=O) groups excluding carboxylic acids is 2. The molecule has 0 aliphatic carbocycles.